The summed E-state index contributed by atoms with van der Waals surface area (Å²) >= 11 is 1.13. The van der Waals surface area contributed by atoms with E-state index in [9.17, 15) is 13.2 Å². The first kappa shape index (κ1) is 19.1. The summed E-state index contributed by atoms with van der Waals surface area (Å²) in [5, 5.41) is 12.7. The Labute approximate surface area is 171 Å². The molecule has 0 fully saturated rings. The number of carbonyl (C=O) groups excluding carboxylic acids is 1. The van der Waals surface area contributed by atoms with E-state index in [4.69, 9.17) is 0 Å². The number of amides is 1. The number of anilines is 1. The number of hydrogen-bond donors (Lipinski definition) is 2. The molecule has 4 aromatic rings. The van der Waals surface area contributed by atoms with Gasteiger partial charge in [0.15, 0.2) is 5.65 Å². The van der Waals surface area contributed by atoms with Crippen LogP contribution >= 0.6 is 11.3 Å². The van der Waals surface area contributed by atoms with Crippen molar-refractivity contribution in [1.82, 2.24) is 19.9 Å². The molecule has 0 aliphatic rings. The number of nitrogens with one attached hydrogen (secondary N) is 2. The first-order valence-electron chi connectivity index (χ1n) is 8.76. The largest absolute Gasteiger partial charge is 0.352 e. The van der Waals surface area contributed by atoms with Gasteiger partial charge in [0.1, 0.15) is 10.0 Å². The van der Waals surface area contributed by atoms with Crippen LogP contribution in [-0.4, -0.2) is 35.5 Å². The Morgan fingerprint density at radius 3 is 2.79 bits per heavy atom. The van der Waals surface area contributed by atoms with Crippen molar-refractivity contribution in [1.29, 1.82) is 0 Å². The summed E-state index contributed by atoms with van der Waals surface area (Å²) in [5.41, 5.74) is 1.44. The van der Waals surface area contributed by atoms with E-state index in [1.54, 1.807) is 29.6 Å². The summed E-state index contributed by atoms with van der Waals surface area (Å²) in [7, 11) is -3.66. The number of rotatable bonds is 7. The van der Waals surface area contributed by atoms with Crippen LogP contribution in [0.2, 0.25) is 0 Å². The monoisotopic (exact) mass is 427 g/mol. The van der Waals surface area contributed by atoms with Crippen LogP contribution in [0.3, 0.4) is 0 Å². The van der Waals surface area contributed by atoms with Crippen molar-refractivity contribution in [3.8, 4) is 0 Å². The SMILES string of the molecule is O=C(NCCc1nnc2ccccn12)c1cccc(NS(=O)(=O)c2cccs2)c1. The predicted octanol–water partition coefficient (Wildman–Crippen LogP) is 2.56. The van der Waals surface area contributed by atoms with E-state index < -0.39 is 10.0 Å². The first-order valence-corrected chi connectivity index (χ1v) is 11.1. The zero-order chi connectivity index (χ0) is 20.3. The Morgan fingerprint density at radius 2 is 1.97 bits per heavy atom. The van der Waals surface area contributed by atoms with Gasteiger partial charge in [0.05, 0.1) is 0 Å². The smallest absolute Gasteiger partial charge is 0.271 e. The Kier molecular flexibility index (Phi) is 5.28. The van der Waals surface area contributed by atoms with Gasteiger partial charge in [-0.05, 0) is 41.8 Å². The van der Waals surface area contributed by atoms with E-state index in [0.29, 0.717) is 24.2 Å². The molecule has 4 rings (SSSR count). The van der Waals surface area contributed by atoms with E-state index in [2.05, 4.69) is 20.2 Å². The van der Waals surface area contributed by atoms with Crippen molar-refractivity contribution < 1.29 is 13.2 Å². The molecule has 1 aromatic carbocycles. The lowest BCUT2D eigenvalue weighted by atomic mass is 10.2. The molecule has 1 amide bonds. The summed E-state index contributed by atoms with van der Waals surface area (Å²) in [6, 6.07) is 15.2. The third kappa shape index (κ3) is 4.28. The molecule has 0 aliphatic carbocycles. The molecule has 0 unspecified atom stereocenters. The van der Waals surface area contributed by atoms with Crippen molar-refractivity contribution in [2.75, 3.05) is 11.3 Å². The van der Waals surface area contributed by atoms with Crippen LogP contribution in [0.5, 0.6) is 0 Å². The van der Waals surface area contributed by atoms with Crippen LogP contribution < -0.4 is 10.0 Å². The zero-order valence-electron chi connectivity index (χ0n) is 15.1. The number of nitrogens with zero attached hydrogens (tertiary/aromatic N) is 3. The van der Waals surface area contributed by atoms with Gasteiger partial charge < -0.3 is 5.32 Å². The minimum Gasteiger partial charge on any atom is -0.352 e. The molecule has 0 atom stereocenters. The van der Waals surface area contributed by atoms with Crippen molar-refractivity contribution in [3.63, 3.8) is 0 Å². The highest BCUT2D eigenvalue weighted by Crippen LogP contribution is 2.20. The molecule has 0 aliphatic heterocycles. The molecule has 2 N–H and O–H groups in total. The lowest BCUT2D eigenvalue weighted by Gasteiger charge is -2.09. The number of sulfonamides is 1. The lowest BCUT2D eigenvalue weighted by molar-refractivity contribution is 0.0954. The summed E-state index contributed by atoms with van der Waals surface area (Å²) in [6.07, 6.45) is 2.39. The third-order valence-corrected chi connectivity index (χ3v) is 6.93. The molecular formula is C19H17N5O3S2. The minimum absolute atomic E-state index is 0.216. The van der Waals surface area contributed by atoms with Gasteiger partial charge in [0.25, 0.3) is 15.9 Å². The quantitative estimate of drug-likeness (QED) is 0.472. The second-order valence-electron chi connectivity index (χ2n) is 6.17. The van der Waals surface area contributed by atoms with Gasteiger partial charge in [-0.1, -0.05) is 18.2 Å². The van der Waals surface area contributed by atoms with Gasteiger partial charge in [-0.2, -0.15) is 0 Å². The van der Waals surface area contributed by atoms with E-state index in [1.165, 1.54) is 12.1 Å². The zero-order valence-corrected chi connectivity index (χ0v) is 16.8. The minimum atomic E-state index is -3.66. The van der Waals surface area contributed by atoms with Crippen molar-refractivity contribution in [3.05, 3.63) is 77.6 Å². The standard InChI is InChI=1S/C19H17N5O3S2/c25-19(20-10-9-17-22-21-16-7-1-2-11-24(16)17)14-5-3-6-15(13-14)23-29(26,27)18-8-4-12-28-18/h1-8,11-13,23H,9-10H2,(H,20,25). The van der Waals surface area contributed by atoms with E-state index in [0.717, 1.165) is 22.8 Å². The van der Waals surface area contributed by atoms with Crippen LogP contribution in [0.4, 0.5) is 5.69 Å². The summed E-state index contributed by atoms with van der Waals surface area (Å²) in [4.78, 5) is 12.5. The summed E-state index contributed by atoms with van der Waals surface area (Å²) in [5.74, 6) is 0.453. The number of hydrogen-bond acceptors (Lipinski definition) is 6. The fourth-order valence-corrected chi connectivity index (χ4v) is 4.84. The average Bonchev–Trinajstić information content (AvgIpc) is 3.39. The number of fused-ring (bicyclic) bond motifs is 1. The fourth-order valence-electron chi connectivity index (χ4n) is 2.80. The highest BCUT2D eigenvalue weighted by atomic mass is 32.2. The number of thiophene rings is 1. The highest BCUT2D eigenvalue weighted by molar-refractivity contribution is 7.94. The maximum atomic E-state index is 12.5. The fraction of sp³-hybridized carbons (Fsp3) is 0.105. The molecule has 0 bridgehead atoms. The van der Waals surface area contributed by atoms with Crippen LogP contribution in [-0.2, 0) is 16.4 Å². The summed E-state index contributed by atoms with van der Waals surface area (Å²) < 4.78 is 29.3. The molecule has 148 valence electrons. The Hall–Kier alpha value is -3.24. The number of benzene rings is 1. The number of pyridine rings is 1. The number of aromatic nitrogens is 3. The maximum absolute atomic E-state index is 12.5. The normalized spacial score (nSPS) is 11.4. The third-order valence-electron chi connectivity index (χ3n) is 4.16. The maximum Gasteiger partial charge on any atom is 0.271 e. The molecule has 3 aromatic heterocycles. The van der Waals surface area contributed by atoms with Gasteiger partial charge in [0, 0.05) is 30.4 Å². The van der Waals surface area contributed by atoms with Crippen LogP contribution in [0.1, 0.15) is 16.2 Å². The topological polar surface area (TPSA) is 105 Å². The highest BCUT2D eigenvalue weighted by Gasteiger charge is 2.16. The average molecular weight is 428 g/mol. The van der Waals surface area contributed by atoms with Crippen molar-refractivity contribution >= 4 is 38.6 Å². The molecule has 0 radical (unpaired) electrons. The van der Waals surface area contributed by atoms with Crippen molar-refractivity contribution in [2.24, 2.45) is 0 Å². The van der Waals surface area contributed by atoms with Crippen LogP contribution in [0.15, 0.2) is 70.4 Å². The second kappa shape index (κ2) is 8.02. The Bertz CT molecular complexity index is 1250. The number of carbonyl (C=O) groups is 1. The van der Waals surface area contributed by atoms with Crippen LogP contribution in [0, 0.1) is 0 Å². The van der Waals surface area contributed by atoms with E-state index in [-0.39, 0.29) is 10.1 Å². The molecule has 0 spiro atoms. The molecule has 3 heterocycles. The van der Waals surface area contributed by atoms with Gasteiger partial charge in [-0.25, -0.2) is 8.42 Å². The lowest BCUT2D eigenvalue weighted by Crippen LogP contribution is -2.26. The molecular weight excluding hydrogens is 410 g/mol. The van der Waals surface area contributed by atoms with E-state index in [1.807, 2.05) is 28.8 Å². The predicted molar refractivity (Wildman–Crippen MR) is 111 cm³/mol. The van der Waals surface area contributed by atoms with Gasteiger partial charge >= 0.3 is 0 Å². The van der Waals surface area contributed by atoms with Gasteiger partial charge in [-0.3, -0.25) is 13.9 Å². The van der Waals surface area contributed by atoms with Crippen molar-refractivity contribution in [2.45, 2.75) is 10.6 Å². The second-order valence-corrected chi connectivity index (χ2v) is 9.03. The molecule has 10 heteroatoms. The summed E-state index contributed by atoms with van der Waals surface area (Å²) in [6.45, 7) is 0.375. The molecule has 0 saturated heterocycles. The molecule has 29 heavy (non-hydrogen) atoms. The first-order chi connectivity index (χ1) is 14.0. The van der Waals surface area contributed by atoms with E-state index >= 15 is 0 Å². The van der Waals surface area contributed by atoms with Gasteiger partial charge in [-0.15, -0.1) is 21.5 Å². The molecule has 8 nitrogen and oxygen atoms in total. The van der Waals surface area contributed by atoms with Gasteiger partial charge in [0.2, 0.25) is 0 Å². The Morgan fingerprint density at radius 1 is 1.07 bits per heavy atom. The van der Waals surface area contributed by atoms with Crippen LogP contribution in [0.25, 0.3) is 5.65 Å². The Balaban J connectivity index is 1.39. The molecule has 0 saturated carbocycles.